The van der Waals surface area contributed by atoms with Crippen LogP contribution in [-0.2, 0) is 15.0 Å². The second-order valence-corrected chi connectivity index (χ2v) is 7.26. The van der Waals surface area contributed by atoms with Crippen LogP contribution in [0.5, 0.6) is 0 Å². The number of carbonyl (C=O) groups excluding carboxylic acids is 1. The van der Waals surface area contributed by atoms with Crippen LogP contribution in [0.25, 0.3) is 0 Å². The topological polar surface area (TPSA) is 66.4 Å². The molecule has 1 amide bonds. The van der Waals surface area contributed by atoms with Gasteiger partial charge in [0.1, 0.15) is 5.82 Å². The molecule has 1 aromatic rings. The van der Waals surface area contributed by atoms with E-state index in [1.54, 1.807) is 0 Å². The number of amides is 1. The van der Waals surface area contributed by atoms with Crippen LogP contribution < -0.4 is 5.32 Å². The molecule has 1 aromatic carbocycles. The molecule has 0 radical (unpaired) electrons. The molecule has 130 valence electrons. The number of carboxylic acid groups (broad SMARTS) is 1. The van der Waals surface area contributed by atoms with Gasteiger partial charge in [0.2, 0.25) is 5.91 Å². The highest BCUT2D eigenvalue weighted by Gasteiger charge is 2.39. The number of nitrogens with one attached hydrogen (secondary N) is 1. The molecule has 0 spiro atoms. The van der Waals surface area contributed by atoms with Gasteiger partial charge >= 0.3 is 5.97 Å². The van der Waals surface area contributed by atoms with Crippen LogP contribution in [0.2, 0.25) is 0 Å². The van der Waals surface area contributed by atoms with Crippen molar-refractivity contribution < 1.29 is 19.1 Å². The molecule has 2 aliphatic rings. The molecule has 0 aromatic heterocycles. The summed E-state index contributed by atoms with van der Waals surface area (Å²) in [6, 6.07) is 6.55. The summed E-state index contributed by atoms with van der Waals surface area (Å²) in [5, 5.41) is 12.2. The number of rotatable bonds is 5. The third kappa shape index (κ3) is 3.45. The van der Waals surface area contributed by atoms with Gasteiger partial charge in [0.05, 0.1) is 5.92 Å². The molecule has 3 rings (SSSR count). The summed E-state index contributed by atoms with van der Waals surface area (Å²) in [7, 11) is 0. The van der Waals surface area contributed by atoms with E-state index in [0.29, 0.717) is 19.4 Å². The van der Waals surface area contributed by atoms with Gasteiger partial charge in [0.25, 0.3) is 0 Å². The van der Waals surface area contributed by atoms with Crippen molar-refractivity contribution in [2.75, 3.05) is 6.54 Å². The van der Waals surface area contributed by atoms with E-state index in [2.05, 4.69) is 5.32 Å². The summed E-state index contributed by atoms with van der Waals surface area (Å²) >= 11 is 0. The lowest BCUT2D eigenvalue weighted by atomic mass is 9.64. The Hall–Kier alpha value is -1.91. The van der Waals surface area contributed by atoms with Gasteiger partial charge in [-0.15, -0.1) is 0 Å². The normalized spacial score (nSPS) is 25.5. The first-order valence-electron chi connectivity index (χ1n) is 8.77. The number of halogens is 1. The summed E-state index contributed by atoms with van der Waals surface area (Å²) < 4.78 is 13.1. The van der Waals surface area contributed by atoms with E-state index in [4.69, 9.17) is 5.11 Å². The quantitative estimate of drug-likeness (QED) is 0.869. The van der Waals surface area contributed by atoms with E-state index in [-0.39, 0.29) is 23.1 Å². The highest BCUT2D eigenvalue weighted by atomic mass is 19.1. The van der Waals surface area contributed by atoms with Crippen molar-refractivity contribution in [3.8, 4) is 0 Å². The SMILES string of the molecule is O=C(O)C1CCCC(C(=O)NCC2(c3ccc(F)cc3)CCC2)C1. The summed E-state index contributed by atoms with van der Waals surface area (Å²) in [5.41, 5.74) is 0.979. The number of aliphatic carboxylic acids is 1. The lowest BCUT2D eigenvalue weighted by molar-refractivity contribution is -0.144. The van der Waals surface area contributed by atoms with E-state index in [1.807, 2.05) is 12.1 Å². The predicted molar refractivity (Wildman–Crippen MR) is 88.0 cm³/mol. The van der Waals surface area contributed by atoms with Crippen molar-refractivity contribution in [3.63, 3.8) is 0 Å². The first-order chi connectivity index (χ1) is 11.5. The summed E-state index contributed by atoms with van der Waals surface area (Å²) in [5.74, 6) is -1.68. The van der Waals surface area contributed by atoms with Crippen LogP contribution in [0.3, 0.4) is 0 Å². The Morgan fingerprint density at radius 1 is 1.12 bits per heavy atom. The van der Waals surface area contributed by atoms with Gasteiger partial charge in [-0.25, -0.2) is 4.39 Å². The van der Waals surface area contributed by atoms with Crippen molar-refractivity contribution in [1.29, 1.82) is 0 Å². The Balaban J connectivity index is 1.60. The molecule has 2 unspecified atom stereocenters. The average Bonchev–Trinajstić information content (AvgIpc) is 2.55. The molecular weight excluding hydrogens is 309 g/mol. The number of hydrogen-bond donors (Lipinski definition) is 2. The van der Waals surface area contributed by atoms with Gasteiger partial charge in [-0.3, -0.25) is 9.59 Å². The molecular formula is C19H24FNO3. The molecule has 0 aliphatic heterocycles. The van der Waals surface area contributed by atoms with E-state index in [9.17, 15) is 14.0 Å². The molecule has 0 heterocycles. The predicted octanol–water partition coefficient (Wildman–Crippen LogP) is 3.25. The van der Waals surface area contributed by atoms with E-state index >= 15 is 0 Å². The maximum Gasteiger partial charge on any atom is 0.306 e. The number of carbonyl (C=O) groups is 2. The lowest BCUT2D eigenvalue weighted by Gasteiger charge is -2.43. The molecule has 5 heteroatoms. The van der Waals surface area contributed by atoms with Crippen LogP contribution >= 0.6 is 0 Å². The Morgan fingerprint density at radius 3 is 2.38 bits per heavy atom. The van der Waals surface area contributed by atoms with Gasteiger partial charge in [-0.05, 0) is 49.8 Å². The fourth-order valence-corrected chi connectivity index (χ4v) is 4.03. The molecule has 0 saturated heterocycles. The first-order valence-corrected chi connectivity index (χ1v) is 8.77. The molecule has 2 aliphatic carbocycles. The van der Waals surface area contributed by atoms with E-state index in [0.717, 1.165) is 37.7 Å². The second-order valence-electron chi connectivity index (χ2n) is 7.26. The van der Waals surface area contributed by atoms with Crippen molar-refractivity contribution in [3.05, 3.63) is 35.6 Å². The summed E-state index contributed by atoms with van der Waals surface area (Å²) in [6.07, 6.45) is 5.74. The minimum atomic E-state index is -0.797. The first kappa shape index (κ1) is 16.9. The molecule has 2 N–H and O–H groups in total. The smallest absolute Gasteiger partial charge is 0.306 e. The zero-order valence-electron chi connectivity index (χ0n) is 13.8. The summed E-state index contributed by atoms with van der Waals surface area (Å²) in [4.78, 5) is 23.6. The maximum atomic E-state index is 13.1. The fraction of sp³-hybridized carbons (Fsp3) is 0.579. The molecule has 2 atom stereocenters. The van der Waals surface area contributed by atoms with Crippen molar-refractivity contribution >= 4 is 11.9 Å². The standard InChI is InChI=1S/C19H24FNO3/c20-16-7-5-15(6-8-16)19(9-2-10-19)12-21-17(22)13-3-1-4-14(11-13)18(23)24/h5-8,13-14H,1-4,9-12H2,(H,21,22)(H,23,24). The van der Waals surface area contributed by atoms with Crippen LogP contribution in [0.1, 0.15) is 50.5 Å². The highest BCUT2D eigenvalue weighted by Crippen LogP contribution is 2.43. The Kier molecular flexibility index (Phi) is 4.88. The van der Waals surface area contributed by atoms with Crippen LogP contribution in [-0.4, -0.2) is 23.5 Å². The zero-order chi connectivity index (χ0) is 17.2. The Labute approximate surface area is 141 Å². The van der Waals surface area contributed by atoms with Gasteiger partial charge in [0.15, 0.2) is 0 Å². The maximum absolute atomic E-state index is 13.1. The van der Waals surface area contributed by atoms with Crippen molar-refractivity contribution in [2.45, 2.75) is 50.4 Å². The number of hydrogen-bond acceptors (Lipinski definition) is 2. The average molecular weight is 333 g/mol. The monoisotopic (exact) mass is 333 g/mol. The largest absolute Gasteiger partial charge is 0.481 e. The van der Waals surface area contributed by atoms with Gasteiger partial charge in [-0.2, -0.15) is 0 Å². The Bertz CT molecular complexity index is 610. The van der Waals surface area contributed by atoms with E-state index in [1.165, 1.54) is 12.1 Å². The Morgan fingerprint density at radius 2 is 1.79 bits per heavy atom. The minimum absolute atomic E-state index is 0.0330. The van der Waals surface area contributed by atoms with Crippen LogP contribution in [0.4, 0.5) is 4.39 Å². The number of benzene rings is 1. The lowest BCUT2D eigenvalue weighted by Crippen LogP contribution is -2.47. The van der Waals surface area contributed by atoms with Crippen LogP contribution in [0, 0.1) is 17.7 Å². The van der Waals surface area contributed by atoms with Gasteiger partial charge in [0, 0.05) is 17.9 Å². The van der Waals surface area contributed by atoms with Gasteiger partial charge in [-0.1, -0.05) is 25.0 Å². The third-order valence-corrected chi connectivity index (χ3v) is 5.76. The highest BCUT2D eigenvalue weighted by molar-refractivity contribution is 5.80. The zero-order valence-corrected chi connectivity index (χ0v) is 13.8. The molecule has 24 heavy (non-hydrogen) atoms. The van der Waals surface area contributed by atoms with Crippen molar-refractivity contribution in [1.82, 2.24) is 5.32 Å². The fourth-order valence-electron chi connectivity index (χ4n) is 4.03. The number of carboxylic acids is 1. The second kappa shape index (κ2) is 6.91. The summed E-state index contributed by atoms with van der Waals surface area (Å²) in [6.45, 7) is 0.547. The molecule has 2 saturated carbocycles. The molecule has 2 fully saturated rings. The van der Waals surface area contributed by atoms with Crippen molar-refractivity contribution in [2.24, 2.45) is 11.8 Å². The van der Waals surface area contributed by atoms with Crippen LogP contribution in [0.15, 0.2) is 24.3 Å². The molecule has 0 bridgehead atoms. The van der Waals surface area contributed by atoms with E-state index < -0.39 is 11.9 Å². The minimum Gasteiger partial charge on any atom is -0.481 e. The third-order valence-electron chi connectivity index (χ3n) is 5.76. The van der Waals surface area contributed by atoms with Gasteiger partial charge < -0.3 is 10.4 Å². The molecule has 4 nitrogen and oxygen atoms in total.